The quantitative estimate of drug-likeness (QED) is 0.480. The van der Waals surface area contributed by atoms with Gasteiger partial charge in [-0.3, -0.25) is 4.79 Å². The predicted molar refractivity (Wildman–Crippen MR) is 112 cm³/mol. The van der Waals surface area contributed by atoms with Gasteiger partial charge >= 0.3 is 0 Å². The molecule has 30 heavy (non-hydrogen) atoms. The Morgan fingerprint density at radius 1 is 1.10 bits per heavy atom. The predicted octanol–water partition coefficient (Wildman–Crippen LogP) is 2.41. The number of nitrogens with two attached hydrogens (primary N) is 1. The van der Waals surface area contributed by atoms with Gasteiger partial charge in [-0.2, -0.15) is 0 Å². The molecule has 3 aromatic rings. The lowest BCUT2D eigenvalue weighted by Gasteiger charge is -2.30. The summed E-state index contributed by atoms with van der Waals surface area (Å²) in [6.45, 7) is 2.16. The number of carbonyl (C=O) groups excluding carboxylic acids is 1. The highest BCUT2D eigenvalue weighted by Crippen LogP contribution is 2.36. The van der Waals surface area contributed by atoms with E-state index in [9.17, 15) is 9.18 Å². The van der Waals surface area contributed by atoms with E-state index >= 15 is 0 Å². The smallest absolute Gasteiger partial charge is 0.240 e. The van der Waals surface area contributed by atoms with Crippen molar-refractivity contribution in [2.75, 3.05) is 32.1 Å². The number of rotatable bonds is 6. The van der Waals surface area contributed by atoms with Crippen LogP contribution in [0.4, 0.5) is 4.39 Å². The highest BCUT2D eigenvalue weighted by atomic mass is 32.2. The second kappa shape index (κ2) is 9.27. The summed E-state index contributed by atoms with van der Waals surface area (Å²) in [5.74, 6) is 6.29. The lowest BCUT2D eigenvalue weighted by atomic mass is 10.1. The van der Waals surface area contributed by atoms with E-state index in [1.165, 1.54) is 22.5 Å². The Labute approximate surface area is 178 Å². The Morgan fingerprint density at radius 2 is 1.80 bits per heavy atom. The fraction of sp³-hybridized carbons (Fsp3) is 0.286. The molecule has 1 amide bonds. The number of morpholine rings is 1. The first-order valence-corrected chi connectivity index (χ1v) is 10.5. The largest absolute Gasteiger partial charge is 0.378 e. The van der Waals surface area contributed by atoms with E-state index in [1.807, 2.05) is 30.3 Å². The summed E-state index contributed by atoms with van der Waals surface area (Å²) in [7, 11) is 0. The zero-order chi connectivity index (χ0) is 20.9. The van der Waals surface area contributed by atoms with E-state index < -0.39 is 5.25 Å². The fourth-order valence-electron chi connectivity index (χ4n) is 3.26. The van der Waals surface area contributed by atoms with Crippen molar-refractivity contribution in [2.24, 2.45) is 0 Å². The highest BCUT2D eigenvalue weighted by Gasteiger charge is 2.30. The number of amides is 1. The first kappa shape index (κ1) is 20.4. The summed E-state index contributed by atoms with van der Waals surface area (Å²) in [6, 6.07) is 16.0. The normalized spacial score (nSPS) is 15.2. The van der Waals surface area contributed by atoms with E-state index in [0.29, 0.717) is 42.8 Å². The van der Waals surface area contributed by atoms with E-state index in [4.69, 9.17) is 10.6 Å². The lowest BCUT2D eigenvalue weighted by molar-refractivity contribution is -0.134. The number of thioether (sulfide) groups is 1. The van der Waals surface area contributed by atoms with Crippen LogP contribution in [0.3, 0.4) is 0 Å². The van der Waals surface area contributed by atoms with Gasteiger partial charge in [0.05, 0.1) is 13.2 Å². The van der Waals surface area contributed by atoms with Crippen LogP contribution in [-0.4, -0.2) is 52.0 Å². The zero-order valence-corrected chi connectivity index (χ0v) is 17.1. The van der Waals surface area contributed by atoms with Crippen molar-refractivity contribution in [2.45, 2.75) is 16.8 Å². The van der Waals surface area contributed by atoms with Gasteiger partial charge in [-0.25, -0.2) is 9.07 Å². The van der Waals surface area contributed by atoms with Crippen molar-refractivity contribution in [3.63, 3.8) is 0 Å². The number of nitrogens with zero attached hydrogens (tertiary/aromatic N) is 4. The molecule has 156 valence electrons. The maximum absolute atomic E-state index is 14.0. The van der Waals surface area contributed by atoms with Crippen LogP contribution in [0, 0.1) is 5.82 Å². The van der Waals surface area contributed by atoms with Crippen LogP contribution in [-0.2, 0) is 16.0 Å². The molecule has 4 rings (SSSR count). The Morgan fingerprint density at radius 3 is 2.53 bits per heavy atom. The molecular weight excluding hydrogens is 405 g/mol. The number of benzene rings is 2. The fourth-order valence-corrected chi connectivity index (χ4v) is 4.32. The van der Waals surface area contributed by atoms with Gasteiger partial charge in [0.2, 0.25) is 11.1 Å². The summed E-state index contributed by atoms with van der Waals surface area (Å²) in [6.07, 6.45) is 0.212. The standard InChI is InChI=1S/C21H22FN5O2S/c22-17-9-5-4-8-16(17)14-18-24-25-21(27(18)23)30-19(15-6-2-1-3-7-15)20(28)26-10-12-29-13-11-26/h1-9,19H,10-14,23H2/t19-/m1/s1. The first-order valence-electron chi connectivity index (χ1n) is 9.64. The number of nitrogen functional groups attached to an aromatic ring is 1. The molecule has 0 saturated carbocycles. The molecule has 0 radical (unpaired) electrons. The molecular formula is C21H22FN5O2S. The van der Waals surface area contributed by atoms with Crippen molar-refractivity contribution in [1.29, 1.82) is 0 Å². The van der Waals surface area contributed by atoms with Gasteiger partial charge in [0.1, 0.15) is 11.1 Å². The summed E-state index contributed by atoms with van der Waals surface area (Å²) >= 11 is 1.24. The van der Waals surface area contributed by atoms with Crippen molar-refractivity contribution in [3.05, 3.63) is 77.4 Å². The van der Waals surface area contributed by atoms with Gasteiger partial charge < -0.3 is 15.5 Å². The van der Waals surface area contributed by atoms with Crippen molar-refractivity contribution >= 4 is 17.7 Å². The number of ether oxygens (including phenoxy) is 1. The second-order valence-electron chi connectivity index (χ2n) is 6.88. The van der Waals surface area contributed by atoms with Crippen molar-refractivity contribution < 1.29 is 13.9 Å². The first-order chi connectivity index (χ1) is 14.6. The Bertz CT molecular complexity index is 1010. The third-order valence-corrected chi connectivity index (χ3v) is 6.11. The molecule has 0 aliphatic carbocycles. The summed E-state index contributed by atoms with van der Waals surface area (Å²) in [5.41, 5.74) is 1.34. The average Bonchev–Trinajstić information content (AvgIpc) is 3.13. The lowest BCUT2D eigenvalue weighted by Crippen LogP contribution is -2.42. The molecule has 0 bridgehead atoms. The third-order valence-electron chi connectivity index (χ3n) is 4.91. The maximum Gasteiger partial charge on any atom is 0.240 e. The van der Waals surface area contributed by atoms with Gasteiger partial charge in [0.25, 0.3) is 0 Å². The van der Waals surface area contributed by atoms with Gasteiger partial charge in [-0.05, 0) is 17.2 Å². The molecule has 1 fully saturated rings. The minimum absolute atomic E-state index is 0.0202. The van der Waals surface area contributed by atoms with Gasteiger partial charge in [0.15, 0.2) is 5.82 Å². The molecule has 9 heteroatoms. The van der Waals surface area contributed by atoms with Crippen LogP contribution in [0.1, 0.15) is 22.2 Å². The molecule has 1 aromatic heterocycles. The van der Waals surface area contributed by atoms with E-state index in [2.05, 4.69) is 10.2 Å². The summed E-state index contributed by atoms with van der Waals surface area (Å²) < 4.78 is 20.7. The maximum atomic E-state index is 14.0. The van der Waals surface area contributed by atoms with Crippen molar-refractivity contribution in [3.8, 4) is 0 Å². The minimum Gasteiger partial charge on any atom is -0.378 e. The molecule has 2 heterocycles. The van der Waals surface area contributed by atoms with Crippen LogP contribution in [0.25, 0.3) is 0 Å². The molecule has 0 unspecified atom stereocenters. The van der Waals surface area contributed by atoms with E-state index in [0.717, 1.165) is 5.56 Å². The Kier molecular flexibility index (Phi) is 6.29. The molecule has 1 atom stereocenters. The van der Waals surface area contributed by atoms with Crippen LogP contribution >= 0.6 is 11.8 Å². The third kappa shape index (κ3) is 4.47. The Balaban J connectivity index is 1.58. The molecule has 1 saturated heterocycles. The number of carbonyl (C=O) groups is 1. The van der Waals surface area contributed by atoms with E-state index in [1.54, 1.807) is 23.1 Å². The monoisotopic (exact) mass is 427 g/mol. The second-order valence-corrected chi connectivity index (χ2v) is 7.96. The molecule has 7 nitrogen and oxygen atoms in total. The molecule has 2 N–H and O–H groups in total. The van der Waals surface area contributed by atoms with Crippen LogP contribution < -0.4 is 5.84 Å². The summed E-state index contributed by atoms with van der Waals surface area (Å²) in [5, 5.41) is 8.18. The molecule has 0 spiro atoms. The number of halogens is 1. The highest BCUT2D eigenvalue weighted by molar-refractivity contribution is 8.00. The van der Waals surface area contributed by atoms with Gasteiger partial charge in [-0.1, -0.05) is 60.3 Å². The van der Waals surface area contributed by atoms with Crippen molar-refractivity contribution in [1.82, 2.24) is 19.8 Å². The van der Waals surface area contributed by atoms with Gasteiger partial charge in [-0.15, -0.1) is 10.2 Å². The Hall–Kier alpha value is -2.91. The molecule has 1 aliphatic heterocycles. The topological polar surface area (TPSA) is 86.3 Å². The zero-order valence-electron chi connectivity index (χ0n) is 16.3. The number of hydrogen-bond donors (Lipinski definition) is 1. The average molecular weight is 428 g/mol. The summed E-state index contributed by atoms with van der Waals surface area (Å²) in [4.78, 5) is 15.1. The minimum atomic E-state index is -0.517. The molecule has 2 aromatic carbocycles. The number of hydrogen-bond acceptors (Lipinski definition) is 6. The van der Waals surface area contributed by atoms with Crippen LogP contribution in [0.15, 0.2) is 59.8 Å². The number of aromatic nitrogens is 3. The van der Waals surface area contributed by atoms with Gasteiger partial charge in [0, 0.05) is 19.5 Å². The van der Waals surface area contributed by atoms with Crippen LogP contribution in [0.5, 0.6) is 0 Å². The molecule has 1 aliphatic rings. The SMILES string of the molecule is Nn1c(Cc2ccccc2F)nnc1S[C@@H](C(=O)N1CCOCC1)c1ccccc1. The van der Waals surface area contributed by atoms with Crippen LogP contribution in [0.2, 0.25) is 0 Å². The van der Waals surface area contributed by atoms with E-state index in [-0.39, 0.29) is 18.1 Å².